The van der Waals surface area contributed by atoms with Crippen LogP contribution < -0.4 is 10.6 Å². The lowest BCUT2D eigenvalue weighted by Gasteiger charge is -2.29. The third-order valence-corrected chi connectivity index (χ3v) is 5.25. The van der Waals surface area contributed by atoms with E-state index in [4.69, 9.17) is 21.2 Å². The van der Waals surface area contributed by atoms with Crippen LogP contribution >= 0.6 is 11.6 Å². The molecule has 7 nitrogen and oxygen atoms in total. The van der Waals surface area contributed by atoms with Gasteiger partial charge in [0.1, 0.15) is 11.4 Å². The van der Waals surface area contributed by atoms with Gasteiger partial charge in [-0.25, -0.2) is 9.18 Å². The van der Waals surface area contributed by atoms with Gasteiger partial charge < -0.3 is 20.3 Å². The van der Waals surface area contributed by atoms with Crippen LogP contribution in [0.25, 0.3) is 11.3 Å². The summed E-state index contributed by atoms with van der Waals surface area (Å²) in [5, 5.41) is 18.0. The number of halogens is 2. The Morgan fingerprint density at radius 3 is 2.89 bits per heavy atom. The molecule has 1 aromatic carbocycles. The standard InChI is InChI=1S/C19H21ClFN3O4/c1-10-15(17(28-24-10)16-13(20)6-3-7-14(16)21)18(25)23-12-5-2-4-11(8-12)9-22-19(26)27/h3,6-7,11-12,22H,2,4-5,8-9H2,1H3,(H,23,25)(H,26,27). The number of carboxylic acid groups (broad SMARTS) is 1. The van der Waals surface area contributed by atoms with Gasteiger partial charge in [-0.1, -0.05) is 29.2 Å². The van der Waals surface area contributed by atoms with Crippen LogP contribution in [0.15, 0.2) is 22.7 Å². The highest BCUT2D eigenvalue weighted by Gasteiger charge is 2.29. The van der Waals surface area contributed by atoms with Crippen LogP contribution in [0.1, 0.15) is 41.7 Å². The average molecular weight is 410 g/mol. The second-order valence-corrected chi connectivity index (χ2v) is 7.37. The van der Waals surface area contributed by atoms with Crippen molar-refractivity contribution in [3.63, 3.8) is 0 Å². The highest BCUT2D eigenvalue weighted by molar-refractivity contribution is 6.33. The summed E-state index contributed by atoms with van der Waals surface area (Å²) in [5.74, 6) is -0.864. The number of benzene rings is 1. The Bertz CT molecular complexity index is 866. The number of rotatable bonds is 5. The van der Waals surface area contributed by atoms with Gasteiger partial charge in [0, 0.05) is 12.6 Å². The van der Waals surface area contributed by atoms with Crippen molar-refractivity contribution in [1.82, 2.24) is 15.8 Å². The minimum absolute atomic E-state index is 0.00185. The quantitative estimate of drug-likeness (QED) is 0.692. The van der Waals surface area contributed by atoms with Crippen molar-refractivity contribution < 1.29 is 23.6 Å². The molecule has 0 spiro atoms. The van der Waals surface area contributed by atoms with Crippen molar-refractivity contribution in [1.29, 1.82) is 0 Å². The minimum atomic E-state index is -1.06. The summed E-state index contributed by atoms with van der Waals surface area (Å²) in [4.78, 5) is 23.6. The summed E-state index contributed by atoms with van der Waals surface area (Å²) >= 11 is 6.11. The minimum Gasteiger partial charge on any atom is -0.465 e. The van der Waals surface area contributed by atoms with E-state index in [0.29, 0.717) is 18.7 Å². The number of aromatic nitrogens is 1. The number of hydrogen-bond donors (Lipinski definition) is 3. The first kappa shape index (κ1) is 20.1. The van der Waals surface area contributed by atoms with Gasteiger partial charge in [-0.2, -0.15) is 0 Å². The summed E-state index contributed by atoms with van der Waals surface area (Å²) in [5.41, 5.74) is 0.492. The molecule has 28 heavy (non-hydrogen) atoms. The second-order valence-electron chi connectivity index (χ2n) is 6.96. The highest BCUT2D eigenvalue weighted by Crippen LogP contribution is 2.34. The zero-order chi connectivity index (χ0) is 20.3. The van der Waals surface area contributed by atoms with E-state index in [2.05, 4.69) is 15.8 Å². The molecule has 2 unspecified atom stereocenters. The Labute approximate surface area is 166 Å². The molecule has 2 atom stereocenters. The van der Waals surface area contributed by atoms with E-state index in [1.54, 1.807) is 6.92 Å². The second kappa shape index (κ2) is 8.60. The van der Waals surface area contributed by atoms with Crippen LogP contribution in [0.3, 0.4) is 0 Å². The molecule has 1 aliphatic rings. The Morgan fingerprint density at radius 2 is 2.18 bits per heavy atom. The molecule has 1 aliphatic carbocycles. The topological polar surface area (TPSA) is 104 Å². The predicted molar refractivity (Wildman–Crippen MR) is 101 cm³/mol. The van der Waals surface area contributed by atoms with Crippen molar-refractivity contribution in [3.8, 4) is 11.3 Å². The molecule has 1 fully saturated rings. The van der Waals surface area contributed by atoms with Gasteiger partial charge in [-0.05, 0) is 44.2 Å². The van der Waals surface area contributed by atoms with Crippen molar-refractivity contribution in [2.45, 2.75) is 38.6 Å². The summed E-state index contributed by atoms with van der Waals surface area (Å²) in [6, 6.07) is 4.11. The van der Waals surface area contributed by atoms with Crippen LogP contribution in [0.5, 0.6) is 0 Å². The van der Waals surface area contributed by atoms with Crippen LogP contribution in [-0.4, -0.2) is 34.9 Å². The van der Waals surface area contributed by atoms with E-state index < -0.39 is 17.8 Å². The zero-order valence-electron chi connectivity index (χ0n) is 15.3. The summed E-state index contributed by atoms with van der Waals surface area (Å²) in [6.07, 6.45) is 2.17. The van der Waals surface area contributed by atoms with Gasteiger partial charge in [-0.15, -0.1) is 0 Å². The van der Waals surface area contributed by atoms with Crippen LogP contribution in [0.2, 0.25) is 5.02 Å². The monoisotopic (exact) mass is 409 g/mol. The molecule has 2 amide bonds. The van der Waals surface area contributed by atoms with Gasteiger partial charge in [0.05, 0.1) is 16.3 Å². The normalized spacial score (nSPS) is 19.2. The Kier molecular flexibility index (Phi) is 6.18. The largest absolute Gasteiger partial charge is 0.465 e. The van der Waals surface area contributed by atoms with E-state index in [1.165, 1.54) is 18.2 Å². The Morgan fingerprint density at radius 1 is 1.39 bits per heavy atom. The smallest absolute Gasteiger partial charge is 0.404 e. The fourth-order valence-electron chi connectivity index (χ4n) is 3.62. The van der Waals surface area contributed by atoms with Gasteiger partial charge in [0.15, 0.2) is 5.76 Å². The molecular formula is C19H21ClFN3O4. The van der Waals surface area contributed by atoms with Gasteiger partial charge in [-0.3, -0.25) is 4.79 Å². The van der Waals surface area contributed by atoms with Crippen LogP contribution in [0.4, 0.5) is 9.18 Å². The van der Waals surface area contributed by atoms with Crippen molar-refractivity contribution in [2.75, 3.05) is 6.54 Å². The van der Waals surface area contributed by atoms with Crippen molar-refractivity contribution >= 4 is 23.6 Å². The first-order chi connectivity index (χ1) is 13.4. The Hall–Kier alpha value is -2.61. The van der Waals surface area contributed by atoms with Crippen LogP contribution in [-0.2, 0) is 0 Å². The van der Waals surface area contributed by atoms with Crippen molar-refractivity contribution in [2.24, 2.45) is 5.92 Å². The predicted octanol–water partition coefficient (Wildman–Crippen LogP) is 4.00. The number of nitrogens with one attached hydrogen (secondary N) is 2. The maximum Gasteiger partial charge on any atom is 0.404 e. The summed E-state index contributed by atoms with van der Waals surface area (Å²) in [6.45, 7) is 1.96. The van der Waals surface area contributed by atoms with E-state index in [-0.39, 0.29) is 33.9 Å². The molecule has 1 heterocycles. The van der Waals surface area contributed by atoms with Crippen molar-refractivity contribution in [3.05, 3.63) is 40.3 Å². The third-order valence-electron chi connectivity index (χ3n) is 4.94. The lowest BCUT2D eigenvalue weighted by Crippen LogP contribution is -2.41. The van der Waals surface area contributed by atoms with Crippen LogP contribution in [0, 0.1) is 18.7 Å². The molecule has 1 aromatic heterocycles. The molecular weight excluding hydrogens is 389 g/mol. The van der Waals surface area contributed by atoms with Gasteiger partial charge in [0.25, 0.3) is 5.91 Å². The number of nitrogens with zero attached hydrogens (tertiary/aromatic N) is 1. The third kappa shape index (κ3) is 4.44. The maximum absolute atomic E-state index is 14.3. The SMILES string of the molecule is Cc1noc(-c2c(F)cccc2Cl)c1C(=O)NC1CCCC(CNC(=O)O)C1. The van der Waals surface area contributed by atoms with Gasteiger partial charge in [0.2, 0.25) is 0 Å². The molecule has 3 N–H and O–H groups in total. The molecule has 0 aliphatic heterocycles. The lowest BCUT2D eigenvalue weighted by molar-refractivity contribution is 0.0918. The molecule has 2 aromatic rings. The fourth-order valence-corrected chi connectivity index (χ4v) is 3.87. The first-order valence-corrected chi connectivity index (χ1v) is 9.43. The fraction of sp³-hybridized carbons (Fsp3) is 0.421. The molecule has 0 saturated heterocycles. The summed E-state index contributed by atoms with van der Waals surface area (Å²) in [7, 11) is 0. The lowest BCUT2D eigenvalue weighted by atomic mass is 9.85. The number of aryl methyl sites for hydroxylation is 1. The zero-order valence-corrected chi connectivity index (χ0v) is 16.1. The average Bonchev–Trinajstić information content (AvgIpc) is 3.01. The van der Waals surface area contributed by atoms with E-state index in [1.807, 2.05) is 0 Å². The molecule has 3 rings (SSSR count). The number of hydrogen-bond acceptors (Lipinski definition) is 4. The first-order valence-electron chi connectivity index (χ1n) is 9.05. The molecule has 0 radical (unpaired) electrons. The van der Waals surface area contributed by atoms with Gasteiger partial charge >= 0.3 is 6.09 Å². The molecule has 0 bridgehead atoms. The maximum atomic E-state index is 14.3. The summed E-state index contributed by atoms with van der Waals surface area (Å²) < 4.78 is 19.5. The highest BCUT2D eigenvalue weighted by atomic mass is 35.5. The van der Waals surface area contributed by atoms with E-state index >= 15 is 0 Å². The number of carbonyl (C=O) groups excluding carboxylic acids is 1. The molecule has 9 heteroatoms. The van der Waals surface area contributed by atoms with E-state index in [0.717, 1.165) is 19.3 Å². The Balaban J connectivity index is 1.77. The number of carbonyl (C=O) groups is 2. The molecule has 1 saturated carbocycles. The number of amides is 2. The molecule has 150 valence electrons. The van der Waals surface area contributed by atoms with E-state index in [9.17, 15) is 14.0 Å².